The van der Waals surface area contributed by atoms with Crippen LogP contribution >= 0.6 is 23.2 Å². The van der Waals surface area contributed by atoms with Crippen LogP contribution in [-0.4, -0.2) is 11.6 Å². The molecule has 3 N–H and O–H groups in total. The molecule has 1 aromatic rings. The van der Waals surface area contributed by atoms with Gasteiger partial charge in [-0.2, -0.15) is 4.98 Å². The SMILES string of the molecule is CCCCC(CC)COc1nc(NN)c(Cl)cc1Cl. The Morgan fingerprint density at radius 1 is 1.37 bits per heavy atom. The van der Waals surface area contributed by atoms with Gasteiger partial charge in [-0.1, -0.05) is 56.3 Å². The van der Waals surface area contributed by atoms with E-state index in [0.29, 0.717) is 34.3 Å². The molecule has 6 heteroatoms. The van der Waals surface area contributed by atoms with Crippen LogP contribution in [0.1, 0.15) is 39.5 Å². The van der Waals surface area contributed by atoms with Crippen LogP contribution in [0, 0.1) is 5.92 Å². The van der Waals surface area contributed by atoms with Crippen LogP contribution in [0.25, 0.3) is 0 Å². The lowest BCUT2D eigenvalue weighted by atomic mass is 10.0. The number of pyridine rings is 1. The van der Waals surface area contributed by atoms with Crippen molar-refractivity contribution in [2.24, 2.45) is 11.8 Å². The summed E-state index contributed by atoms with van der Waals surface area (Å²) in [6.07, 6.45) is 4.63. The molecule has 1 aromatic heterocycles. The summed E-state index contributed by atoms with van der Waals surface area (Å²) in [7, 11) is 0. The number of nitrogens with two attached hydrogens (primary N) is 1. The van der Waals surface area contributed by atoms with Gasteiger partial charge in [0.2, 0.25) is 5.88 Å². The maximum absolute atomic E-state index is 6.05. The molecular weight excluding hydrogens is 285 g/mol. The summed E-state index contributed by atoms with van der Waals surface area (Å²) in [5, 5.41) is 0.771. The van der Waals surface area contributed by atoms with Gasteiger partial charge in [0.1, 0.15) is 5.02 Å². The Morgan fingerprint density at radius 2 is 2.11 bits per heavy atom. The van der Waals surface area contributed by atoms with Gasteiger partial charge in [-0.15, -0.1) is 0 Å². The number of hydrazine groups is 1. The number of aromatic nitrogens is 1. The van der Waals surface area contributed by atoms with Crippen molar-refractivity contribution < 1.29 is 4.74 Å². The molecule has 0 aliphatic rings. The van der Waals surface area contributed by atoms with Gasteiger partial charge >= 0.3 is 0 Å². The highest BCUT2D eigenvalue weighted by Crippen LogP contribution is 2.30. The van der Waals surface area contributed by atoms with Crippen molar-refractivity contribution in [2.75, 3.05) is 12.0 Å². The average molecular weight is 306 g/mol. The molecule has 0 saturated heterocycles. The number of nitrogens with zero attached hydrogens (tertiary/aromatic N) is 1. The number of ether oxygens (including phenoxy) is 1. The first-order valence-corrected chi connectivity index (χ1v) is 7.33. The smallest absolute Gasteiger partial charge is 0.234 e. The lowest BCUT2D eigenvalue weighted by Crippen LogP contribution is -2.14. The Kier molecular flexibility index (Phi) is 7.28. The van der Waals surface area contributed by atoms with Crippen LogP contribution in [-0.2, 0) is 0 Å². The summed E-state index contributed by atoms with van der Waals surface area (Å²) in [6.45, 7) is 4.95. The van der Waals surface area contributed by atoms with Crippen molar-refractivity contribution in [1.29, 1.82) is 0 Å². The topological polar surface area (TPSA) is 60.2 Å². The first-order chi connectivity index (χ1) is 9.12. The molecule has 0 amide bonds. The highest BCUT2D eigenvalue weighted by atomic mass is 35.5. The van der Waals surface area contributed by atoms with Crippen LogP contribution in [0.5, 0.6) is 5.88 Å². The predicted octanol–water partition coefficient (Wildman–Crippen LogP) is 4.27. The van der Waals surface area contributed by atoms with Gasteiger partial charge in [0, 0.05) is 0 Å². The van der Waals surface area contributed by atoms with Gasteiger partial charge in [-0.3, -0.25) is 0 Å². The highest BCUT2D eigenvalue weighted by molar-refractivity contribution is 6.36. The molecule has 0 aliphatic heterocycles. The maximum atomic E-state index is 6.05. The number of unbranched alkanes of at least 4 members (excludes halogenated alkanes) is 1. The van der Waals surface area contributed by atoms with Crippen molar-refractivity contribution in [3.05, 3.63) is 16.1 Å². The van der Waals surface area contributed by atoms with Gasteiger partial charge < -0.3 is 10.2 Å². The number of rotatable bonds is 8. The normalized spacial score (nSPS) is 12.3. The van der Waals surface area contributed by atoms with Crippen LogP contribution in [0.3, 0.4) is 0 Å². The first-order valence-electron chi connectivity index (χ1n) is 6.57. The number of nitrogen functional groups attached to an aromatic ring is 1. The summed E-state index contributed by atoms with van der Waals surface area (Å²) in [4.78, 5) is 4.15. The minimum Gasteiger partial charge on any atom is -0.476 e. The molecule has 1 rings (SSSR count). The highest BCUT2D eigenvalue weighted by Gasteiger charge is 2.12. The summed E-state index contributed by atoms with van der Waals surface area (Å²) >= 11 is 12.0. The molecule has 0 saturated carbocycles. The fraction of sp³-hybridized carbons (Fsp3) is 0.615. The monoisotopic (exact) mass is 305 g/mol. The van der Waals surface area contributed by atoms with Gasteiger partial charge in [-0.05, 0) is 18.4 Å². The molecular formula is C13H21Cl2N3O. The fourth-order valence-electron chi connectivity index (χ4n) is 1.75. The van der Waals surface area contributed by atoms with E-state index in [2.05, 4.69) is 24.3 Å². The summed E-state index contributed by atoms with van der Waals surface area (Å²) in [6, 6.07) is 1.58. The van der Waals surface area contributed by atoms with Gasteiger partial charge in [0.05, 0.1) is 11.6 Å². The Morgan fingerprint density at radius 3 is 2.68 bits per heavy atom. The molecule has 108 valence electrons. The molecule has 4 nitrogen and oxygen atoms in total. The first kappa shape index (κ1) is 16.3. The number of nitrogens with one attached hydrogen (secondary N) is 1. The molecule has 0 aromatic carbocycles. The van der Waals surface area contributed by atoms with E-state index in [1.807, 2.05) is 0 Å². The lowest BCUT2D eigenvalue weighted by Gasteiger charge is -2.16. The zero-order chi connectivity index (χ0) is 14.3. The Bertz CT molecular complexity index is 402. The van der Waals surface area contributed by atoms with E-state index in [9.17, 15) is 0 Å². The van der Waals surface area contributed by atoms with Crippen LogP contribution < -0.4 is 16.0 Å². The summed E-state index contributed by atoms with van der Waals surface area (Å²) in [5.74, 6) is 6.57. The zero-order valence-corrected chi connectivity index (χ0v) is 12.9. The summed E-state index contributed by atoms with van der Waals surface area (Å²) in [5.41, 5.74) is 2.42. The Hall–Kier alpha value is -0.710. The standard InChI is InChI=1S/C13H21Cl2N3O/c1-3-5-6-9(4-2)8-19-13-11(15)7-10(14)12(17-13)18-16/h7,9H,3-6,8,16H2,1-2H3,(H,17,18). The fourth-order valence-corrected chi connectivity index (χ4v) is 2.21. The lowest BCUT2D eigenvalue weighted by molar-refractivity contribution is 0.226. The average Bonchev–Trinajstić information content (AvgIpc) is 2.41. The van der Waals surface area contributed by atoms with Gasteiger partial charge in [0.15, 0.2) is 5.82 Å². The second-order valence-corrected chi connectivity index (χ2v) is 5.29. The third-order valence-electron chi connectivity index (χ3n) is 3.03. The molecule has 0 bridgehead atoms. The second-order valence-electron chi connectivity index (χ2n) is 4.48. The van der Waals surface area contributed by atoms with E-state index in [-0.39, 0.29) is 0 Å². The van der Waals surface area contributed by atoms with E-state index in [4.69, 9.17) is 33.8 Å². The Labute approximate surface area is 124 Å². The molecule has 19 heavy (non-hydrogen) atoms. The molecule has 0 aliphatic carbocycles. The number of hydrogen-bond donors (Lipinski definition) is 2. The molecule has 0 radical (unpaired) electrons. The van der Waals surface area contributed by atoms with Crippen molar-refractivity contribution in [2.45, 2.75) is 39.5 Å². The van der Waals surface area contributed by atoms with Crippen LogP contribution in [0.15, 0.2) is 6.07 Å². The van der Waals surface area contributed by atoms with E-state index in [0.717, 1.165) is 12.8 Å². The second kappa shape index (κ2) is 8.46. The van der Waals surface area contributed by atoms with Crippen molar-refractivity contribution in [1.82, 2.24) is 4.98 Å². The van der Waals surface area contributed by atoms with Crippen molar-refractivity contribution in [3.8, 4) is 5.88 Å². The third-order valence-corrected chi connectivity index (χ3v) is 3.59. The minimum atomic E-state index is 0.364. The third kappa shape index (κ3) is 5.05. The van der Waals surface area contributed by atoms with Crippen LogP contribution in [0.2, 0.25) is 10.0 Å². The molecule has 0 spiro atoms. The van der Waals surface area contributed by atoms with E-state index in [1.165, 1.54) is 12.8 Å². The van der Waals surface area contributed by atoms with Crippen LogP contribution in [0.4, 0.5) is 5.82 Å². The number of halogens is 2. The number of hydrogen-bond acceptors (Lipinski definition) is 4. The predicted molar refractivity (Wildman–Crippen MR) is 80.9 cm³/mol. The minimum absolute atomic E-state index is 0.364. The zero-order valence-electron chi connectivity index (χ0n) is 11.4. The molecule has 1 unspecified atom stereocenters. The maximum Gasteiger partial charge on any atom is 0.234 e. The van der Waals surface area contributed by atoms with E-state index in [1.54, 1.807) is 6.07 Å². The molecule has 1 atom stereocenters. The molecule has 1 heterocycles. The largest absolute Gasteiger partial charge is 0.476 e. The van der Waals surface area contributed by atoms with Crippen molar-refractivity contribution >= 4 is 29.0 Å². The molecule has 0 fully saturated rings. The van der Waals surface area contributed by atoms with Gasteiger partial charge in [0.25, 0.3) is 0 Å². The van der Waals surface area contributed by atoms with E-state index >= 15 is 0 Å². The quantitative estimate of drug-likeness (QED) is 0.556. The summed E-state index contributed by atoms with van der Waals surface area (Å²) < 4.78 is 5.69. The Balaban J connectivity index is 2.65. The number of anilines is 1. The van der Waals surface area contributed by atoms with Crippen molar-refractivity contribution in [3.63, 3.8) is 0 Å². The van der Waals surface area contributed by atoms with Gasteiger partial charge in [-0.25, -0.2) is 5.84 Å². The van der Waals surface area contributed by atoms with E-state index < -0.39 is 0 Å².